The van der Waals surface area contributed by atoms with E-state index in [4.69, 9.17) is 4.74 Å². The molecular formula is C23H25F3N4O5. The van der Waals surface area contributed by atoms with E-state index in [0.717, 1.165) is 6.20 Å². The number of nitrogens with zero attached hydrogens (tertiary/aromatic N) is 2. The lowest BCUT2D eigenvalue weighted by Gasteiger charge is -2.39. The Balaban J connectivity index is 1.54. The van der Waals surface area contributed by atoms with Crippen molar-refractivity contribution in [2.75, 3.05) is 31.1 Å². The van der Waals surface area contributed by atoms with Gasteiger partial charge in [-0.3, -0.25) is 9.59 Å². The van der Waals surface area contributed by atoms with Crippen LogP contribution < -0.4 is 21.0 Å². The number of hydrogen-bond donors (Lipinski definition) is 3. The fourth-order valence-electron chi connectivity index (χ4n) is 4.96. The monoisotopic (exact) mass is 494 g/mol. The summed E-state index contributed by atoms with van der Waals surface area (Å²) in [5.41, 5.74) is -3.01. The van der Waals surface area contributed by atoms with Crippen LogP contribution in [0.25, 0.3) is 10.9 Å². The number of aromatic carboxylic acids is 1. The van der Waals surface area contributed by atoms with E-state index in [9.17, 15) is 19.5 Å². The zero-order chi connectivity index (χ0) is 25.0. The van der Waals surface area contributed by atoms with Gasteiger partial charge in [0.2, 0.25) is 11.3 Å². The molecule has 0 spiro atoms. The van der Waals surface area contributed by atoms with Crippen LogP contribution in [0.5, 0.6) is 0 Å². The number of carboxylic acids is 1. The Morgan fingerprint density at radius 3 is 2.54 bits per heavy atom. The molecule has 3 heterocycles. The molecule has 1 amide bonds. The zero-order valence-corrected chi connectivity index (χ0v) is 18.9. The molecule has 3 atom stereocenters. The maximum absolute atomic E-state index is 15.9. The summed E-state index contributed by atoms with van der Waals surface area (Å²) in [6.45, 7) is 2.64. The van der Waals surface area contributed by atoms with E-state index >= 15 is 13.2 Å². The Morgan fingerprint density at radius 2 is 1.91 bits per heavy atom. The van der Waals surface area contributed by atoms with Crippen LogP contribution in [-0.4, -0.2) is 66.0 Å². The molecule has 188 valence electrons. The molecule has 9 nitrogen and oxygen atoms in total. The number of anilines is 1. The summed E-state index contributed by atoms with van der Waals surface area (Å²) in [6, 6.07) is -0.875. The van der Waals surface area contributed by atoms with Crippen LogP contribution in [0.15, 0.2) is 11.0 Å². The third kappa shape index (κ3) is 4.25. The van der Waals surface area contributed by atoms with Crippen LogP contribution in [0.2, 0.25) is 0 Å². The Labute approximate surface area is 197 Å². The number of carboxylic acid groups (broad SMARTS) is 1. The maximum Gasteiger partial charge on any atom is 0.341 e. The van der Waals surface area contributed by atoms with Gasteiger partial charge in [-0.2, -0.15) is 0 Å². The molecule has 3 N–H and O–H groups in total. The van der Waals surface area contributed by atoms with Gasteiger partial charge in [-0.25, -0.2) is 18.0 Å². The predicted octanol–water partition coefficient (Wildman–Crippen LogP) is 1.52. The number of aromatic nitrogens is 1. The number of nitrogens with one attached hydrogen (secondary N) is 2. The van der Waals surface area contributed by atoms with Crippen LogP contribution in [0.1, 0.15) is 42.6 Å². The number of amides is 1. The second-order valence-electron chi connectivity index (χ2n) is 9.46. The number of piperazine rings is 1. The number of carbonyl (C=O) groups excluding carboxylic acids is 1. The summed E-state index contributed by atoms with van der Waals surface area (Å²) < 4.78 is 53.6. The molecule has 1 aromatic heterocycles. The third-order valence-corrected chi connectivity index (χ3v) is 6.69. The first kappa shape index (κ1) is 23.6. The Hall–Kier alpha value is -3.12. The molecule has 12 heteroatoms. The smallest absolute Gasteiger partial charge is 0.341 e. The number of ether oxygens (including phenoxy) is 1. The molecule has 2 aromatic rings. The molecule has 5 rings (SSSR count). The second-order valence-corrected chi connectivity index (χ2v) is 9.46. The number of fused-ring (bicyclic) bond motifs is 1. The van der Waals surface area contributed by atoms with Crippen molar-refractivity contribution >= 4 is 28.5 Å². The minimum absolute atomic E-state index is 0.0953. The van der Waals surface area contributed by atoms with Crippen molar-refractivity contribution in [3.63, 3.8) is 0 Å². The lowest BCUT2D eigenvalue weighted by atomic mass is 10.1. The highest BCUT2D eigenvalue weighted by atomic mass is 19.2. The normalized spacial score (nSPS) is 24.7. The molecule has 1 aliphatic carbocycles. The summed E-state index contributed by atoms with van der Waals surface area (Å²) in [4.78, 5) is 37.0. The van der Waals surface area contributed by atoms with Gasteiger partial charge in [0.15, 0.2) is 17.5 Å². The minimum atomic E-state index is -1.59. The fourth-order valence-corrected chi connectivity index (χ4v) is 4.96. The van der Waals surface area contributed by atoms with Gasteiger partial charge in [-0.1, -0.05) is 0 Å². The van der Waals surface area contributed by atoms with Crippen molar-refractivity contribution in [2.45, 2.75) is 50.4 Å². The standard InChI is InChI=1S/C23H25F3N4O5/c1-10-6-29(7-11(28-10)9-35-13-4-15(31)27-5-13)21-18(25)17(24)16-20(19(21)26)30(12-2-3-12)8-14(22(16)32)23(33)34/h8,10-13,28H,2-7,9H2,1H3,(H,27,31)(H,33,34)/t10-,11-,13+/m1/s1. The largest absolute Gasteiger partial charge is 0.477 e. The van der Waals surface area contributed by atoms with Crippen molar-refractivity contribution in [2.24, 2.45) is 0 Å². The van der Waals surface area contributed by atoms with Crippen LogP contribution >= 0.6 is 0 Å². The third-order valence-electron chi connectivity index (χ3n) is 6.69. The van der Waals surface area contributed by atoms with Gasteiger partial charge in [0, 0.05) is 44.0 Å². The predicted molar refractivity (Wildman–Crippen MR) is 119 cm³/mol. The Bertz CT molecular complexity index is 1280. The summed E-state index contributed by atoms with van der Waals surface area (Å²) in [5, 5.41) is 14.4. The Morgan fingerprint density at radius 1 is 1.17 bits per heavy atom. The van der Waals surface area contributed by atoms with E-state index in [1.165, 1.54) is 9.47 Å². The van der Waals surface area contributed by atoms with Crippen molar-refractivity contribution < 1.29 is 32.6 Å². The first-order valence-corrected chi connectivity index (χ1v) is 11.5. The molecule has 3 aliphatic rings. The van der Waals surface area contributed by atoms with Crippen molar-refractivity contribution in [1.82, 2.24) is 15.2 Å². The quantitative estimate of drug-likeness (QED) is 0.522. The molecule has 2 saturated heterocycles. The van der Waals surface area contributed by atoms with Crippen LogP contribution in [0, 0.1) is 17.5 Å². The molecule has 1 aromatic carbocycles. The lowest BCUT2D eigenvalue weighted by Crippen LogP contribution is -2.57. The molecule has 3 fully saturated rings. The minimum Gasteiger partial charge on any atom is -0.477 e. The van der Waals surface area contributed by atoms with Crippen LogP contribution in [-0.2, 0) is 9.53 Å². The molecular weight excluding hydrogens is 469 g/mol. The summed E-state index contributed by atoms with van der Waals surface area (Å²) >= 11 is 0. The maximum atomic E-state index is 15.9. The van der Waals surface area contributed by atoms with Gasteiger partial charge in [0.25, 0.3) is 0 Å². The highest BCUT2D eigenvalue weighted by molar-refractivity contribution is 5.94. The first-order chi connectivity index (χ1) is 16.7. The molecule has 2 aliphatic heterocycles. The fraction of sp³-hybridized carbons (Fsp3) is 0.522. The van der Waals surface area contributed by atoms with Gasteiger partial charge >= 0.3 is 5.97 Å². The van der Waals surface area contributed by atoms with E-state index in [0.29, 0.717) is 19.4 Å². The number of benzene rings is 1. The number of halogens is 3. The number of carbonyl (C=O) groups is 2. The number of hydrogen-bond acceptors (Lipinski definition) is 6. The van der Waals surface area contributed by atoms with E-state index in [-0.39, 0.29) is 56.3 Å². The summed E-state index contributed by atoms with van der Waals surface area (Å²) in [6.07, 6.45) is 2.17. The Kier molecular flexibility index (Phi) is 5.96. The van der Waals surface area contributed by atoms with Gasteiger partial charge < -0.3 is 29.9 Å². The van der Waals surface area contributed by atoms with Crippen molar-refractivity contribution in [3.05, 3.63) is 39.4 Å². The van der Waals surface area contributed by atoms with Gasteiger partial charge in [-0.15, -0.1) is 0 Å². The van der Waals surface area contributed by atoms with Crippen LogP contribution in [0.4, 0.5) is 18.9 Å². The second kappa shape index (κ2) is 8.83. The average Bonchev–Trinajstić information content (AvgIpc) is 3.56. The molecule has 0 bridgehead atoms. The SMILES string of the molecule is C[C@@H]1CN(c2c(F)c(F)c3c(=O)c(C(=O)O)cn(C4CC4)c3c2F)C[C@H](CO[C@@H]2CNC(=O)C2)N1. The topological polar surface area (TPSA) is 113 Å². The molecule has 1 saturated carbocycles. The summed E-state index contributed by atoms with van der Waals surface area (Å²) in [5.74, 6) is -5.89. The number of rotatable bonds is 6. The van der Waals surface area contributed by atoms with Gasteiger partial charge in [-0.05, 0) is 19.8 Å². The highest BCUT2D eigenvalue weighted by Crippen LogP contribution is 2.40. The van der Waals surface area contributed by atoms with Gasteiger partial charge in [0.05, 0.1) is 30.0 Å². The van der Waals surface area contributed by atoms with Crippen molar-refractivity contribution in [1.29, 1.82) is 0 Å². The van der Waals surface area contributed by atoms with Crippen LogP contribution in [0.3, 0.4) is 0 Å². The number of pyridine rings is 1. The average molecular weight is 494 g/mol. The first-order valence-electron chi connectivity index (χ1n) is 11.5. The molecule has 35 heavy (non-hydrogen) atoms. The van der Waals surface area contributed by atoms with Gasteiger partial charge in [0.1, 0.15) is 11.3 Å². The molecule has 0 unspecified atom stereocenters. The zero-order valence-electron chi connectivity index (χ0n) is 18.9. The van der Waals surface area contributed by atoms with E-state index in [1.54, 1.807) is 0 Å². The van der Waals surface area contributed by atoms with Crippen molar-refractivity contribution in [3.8, 4) is 0 Å². The van der Waals surface area contributed by atoms with E-state index < -0.39 is 51.0 Å². The van der Waals surface area contributed by atoms with E-state index in [2.05, 4.69) is 10.6 Å². The highest BCUT2D eigenvalue weighted by Gasteiger charge is 2.36. The summed E-state index contributed by atoms with van der Waals surface area (Å²) in [7, 11) is 0. The lowest BCUT2D eigenvalue weighted by molar-refractivity contribution is -0.119. The van der Waals surface area contributed by atoms with E-state index in [1.807, 2.05) is 6.92 Å². The molecule has 0 radical (unpaired) electrons.